The highest BCUT2D eigenvalue weighted by Gasteiger charge is 2.17. The van der Waals surface area contributed by atoms with Gasteiger partial charge in [-0.15, -0.1) is 0 Å². The summed E-state index contributed by atoms with van der Waals surface area (Å²) in [6.45, 7) is 5.72. The fourth-order valence-electron chi connectivity index (χ4n) is 2.39. The molecule has 5 nitrogen and oxygen atoms in total. The van der Waals surface area contributed by atoms with Gasteiger partial charge >= 0.3 is 0 Å². The number of hydrogen-bond donors (Lipinski definition) is 3. The second kappa shape index (κ2) is 8.94. The van der Waals surface area contributed by atoms with E-state index in [1.54, 1.807) is 31.2 Å². The zero-order valence-corrected chi connectivity index (χ0v) is 14.4. The van der Waals surface area contributed by atoms with E-state index in [0.29, 0.717) is 24.3 Å². The highest BCUT2D eigenvalue weighted by molar-refractivity contribution is 6.09. The van der Waals surface area contributed by atoms with Crippen molar-refractivity contribution in [1.82, 2.24) is 10.6 Å². The van der Waals surface area contributed by atoms with Crippen molar-refractivity contribution in [2.75, 3.05) is 25.0 Å². The summed E-state index contributed by atoms with van der Waals surface area (Å²) in [6, 6.07) is 10.9. The fourth-order valence-corrected chi connectivity index (χ4v) is 2.39. The van der Waals surface area contributed by atoms with Gasteiger partial charge in [0.1, 0.15) is 5.82 Å². The molecule has 2 rings (SSSR count). The number of halogens is 1. The lowest BCUT2D eigenvalue weighted by molar-refractivity contribution is 0.0955. The number of likely N-dealkylation sites (N-methyl/N-ethyl adjacent to an activating group) is 1. The van der Waals surface area contributed by atoms with Crippen LogP contribution in [0.5, 0.6) is 0 Å². The number of amides is 2. The standard InChI is InChI=1S/C19H22FN3O2/c1-3-21-11-12-22-18(24)15-9-6-7-13(2)17(15)23-19(25)14-8-4-5-10-16(14)20/h4-10,21H,3,11-12H2,1-2H3,(H,22,24)(H,23,25). The van der Waals surface area contributed by atoms with Crippen LogP contribution in [0.3, 0.4) is 0 Å². The predicted octanol–water partition coefficient (Wildman–Crippen LogP) is 2.73. The minimum absolute atomic E-state index is 0.0655. The van der Waals surface area contributed by atoms with Crippen molar-refractivity contribution in [3.05, 3.63) is 65.0 Å². The summed E-state index contributed by atoms with van der Waals surface area (Å²) in [5.74, 6) is -1.48. The lowest BCUT2D eigenvalue weighted by Gasteiger charge is -2.14. The van der Waals surface area contributed by atoms with Gasteiger partial charge in [-0.05, 0) is 37.2 Å². The summed E-state index contributed by atoms with van der Waals surface area (Å²) >= 11 is 0. The highest BCUT2D eigenvalue weighted by Crippen LogP contribution is 2.22. The number of hydrogen-bond acceptors (Lipinski definition) is 3. The number of nitrogens with one attached hydrogen (secondary N) is 3. The Hall–Kier alpha value is -2.73. The van der Waals surface area contributed by atoms with Crippen LogP contribution in [0.2, 0.25) is 0 Å². The lowest BCUT2D eigenvalue weighted by Crippen LogP contribution is -2.32. The molecule has 0 radical (unpaired) electrons. The van der Waals surface area contributed by atoms with E-state index in [9.17, 15) is 14.0 Å². The molecule has 0 unspecified atom stereocenters. The van der Waals surface area contributed by atoms with Crippen molar-refractivity contribution < 1.29 is 14.0 Å². The van der Waals surface area contributed by atoms with E-state index in [1.165, 1.54) is 18.2 Å². The SMILES string of the molecule is CCNCCNC(=O)c1cccc(C)c1NC(=O)c1ccccc1F. The van der Waals surface area contributed by atoms with Gasteiger partial charge in [-0.2, -0.15) is 0 Å². The number of carbonyl (C=O) groups is 2. The van der Waals surface area contributed by atoms with Gasteiger partial charge in [-0.3, -0.25) is 9.59 Å². The van der Waals surface area contributed by atoms with Crippen molar-refractivity contribution in [1.29, 1.82) is 0 Å². The number of benzene rings is 2. The molecule has 3 N–H and O–H groups in total. The molecule has 0 aromatic heterocycles. The summed E-state index contributed by atoms with van der Waals surface area (Å²) < 4.78 is 13.8. The van der Waals surface area contributed by atoms with Gasteiger partial charge in [-0.1, -0.05) is 31.2 Å². The molecule has 0 aliphatic carbocycles. The minimum Gasteiger partial charge on any atom is -0.351 e. The molecule has 2 aromatic rings. The van der Waals surface area contributed by atoms with Gasteiger partial charge in [0.2, 0.25) is 0 Å². The van der Waals surface area contributed by atoms with Crippen LogP contribution in [0.25, 0.3) is 0 Å². The summed E-state index contributed by atoms with van der Waals surface area (Å²) in [7, 11) is 0. The molecule has 0 spiro atoms. The smallest absolute Gasteiger partial charge is 0.258 e. The summed E-state index contributed by atoms with van der Waals surface area (Å²) in [4.78, 5) is 24.8. The van der Waals surface area contributed by atoms with Crippen LogP contribution < -0.4 is 16.0 Å². The topological polar surface area (TPSA) is 70.2 Å². The van der Waals surface area contributed by atoms with Crippen LogP contribution in [0.1, 0.15) is 33.2 Å². The van der Waals surface area contributed by atoms with Gasteiger partial charge in [0, 0.05) is 13.1 Å². The molecule has 0 aliphatic rings. The molecule has 6 heteroatoms. The quantitative estimate of drug-likeness (QED) is 0.677. The maximum Gasteiger partial charge on any atom is 0.258 e. The number of rotatable bonds is 7. The van der Waals surface area contributed by atoms with E-state index in [0.717, 1.165) is 12.1 Å². The third-order valence-electron chi connectivity index (χ3n) is 3.71. The van der Waals surface area contributed by atoms with Crippen LogP contribution >= 0.6 is 0 Å². The second-order valence-corrected chi connectivity index (χ2v) is 5.54. The van der Waals surface area contributed by atoms with Crippen molar-refractivity contribution >= 4 is 17.5 Å². The minimum atomic E-state index is -0.606. The van der Waals surface area contributed by atoms with Crippen LogP contribution in [-0.2, 0) is 0 Å². The summed E-state index contributed by atoms with van der Waals surface area (Å²) in [5.41, 5.74) is 1.39. The fraction of sp³-hybridized carbons (Fsp3) is 0.263. The Morgan fingerprint density at radius 3 is 2.40 bits per heavy atom. The molecule has 0 heterocycles. The molecule has 2 aromatic carbocycles. The average Bonchev–Trinajstić information content (AvgIpc) is 2.60. The van der Waals surface area contributed by atoms with Crippen molar-refractivity contribution in [2.45, 2.75) is 13.8 Å². The first-order valence-electron chi connectivity index (χ1n) is 8.19. The van der Waals surface area contributed by atoms with Crippen LogP contribution in [-0.4, -0.2) is 31.4 Å². The first-order valence-corrected chi connectivity index (χ1v) is 8.19. The van der Waals surface area contributed by atoms with E-state index < -0.39 is 11.7 Å². The molecular weight excluding hydrogens is 321 g/mol. The Bertz CT molecular complexity index is 762. The van der Waals surface area contributed by atoms with Gasteiger partial charge in [0.25, 0.3) is 11.8 Å². The van der Waals surface area contributed by atoms with E-state index in [2.05, 4.69) is 16.0 Å². The molecule has 0 aliphatic heterocycles. The van der Waals surface area contributed by atoms with Gasteiger partial charge in [0.15, 0.2) is 0 Å². The molecule has 0 bridgehead atoms. The Morgan fingerprint density at radius 2 is 1.68 bits per heavy atom. The van der Waals surface area contributed by atoms with E-state index >= 15 is 0 Å². The molecule has 0 fully saturated rings. The number of aryl methyl sites for hydroxylation is 1. The number of para-hydroxylation sites is 1. The monoisotopic (exact) mass is 343 g/mol. The first-order chi connectivity index (χ1) is 12.0. The van der Waals surface area contributed by atoms with Crippen molar-refractivity contribution in [3.63, 3.8) is 0 Å². The normalized spacial score (nSPS) is 10.4. The lowest BCUT2D eigenvalue weighted by atomic mass is 10.1. The Balaban J connectivity index is 2.19. The van der Waals surface area contributed by atoms with Crippen molar-refractivity contribution in [3.8, 4) is 0 Å². The Labute approximate surface area is 146 Å². The summed E-state index contributed by atoms with van der Waals surface area (Å²) in [5, 5.41) is 8.58. The molecule has 132 valence electrons. The van der Waals surface area contributed by atoms with Crippen LogP contribution in [0, 0.1) is 12.7 Å². The predicted molar refractivity (Wildman–Crippen MR) is 96.4 cm³/mol. The molecule has 0 saturated heterocycles. The molecule has 0 atom stereocenters. The van der Waals surface area contributed by atoms with E-state index in [1.807, 2.05) is 6.92 Å². The first kappa shape index (κ1) is 18.6. The molecule has 25 heavy (non-hydrogen) atoms. The molecule has 2 amide bonds. The molecule has 0 saturated carbocycles. The second-order valence-electron chi connectivity index (χ2n) is 5.54. The van der Waals surface area contributed by atoms with Crippen LogP contribution in [0.15, 0.2) is 42.5 Å². The maximum atomic E-state index is 13.8. The van der Waals surface area contributed by atoms with E-state index in [4.69, 9.17) is 0 Å². The Morgan fingerprint density at radius 1 is 0.960 bits per heavy atom. The van der Waals surface area contributed by atoms with E-state index in [-0.39, 0.29) is 11.5 Å². The third-order valence-corrected chi connectivity index (χ3v) is 3.71. The largest absolute Gasteiger partial charge is 0.351 e. The summed E-state index contributed by atoms with van der Waals surface area (Å²) in [6.07, 6.45) is 0. The zero-order valence-electron chi connectivity index (χ0n) is 14.4. The Kier molecular flexibility index (Phi) is 6.65. The maximum absolute atomic E-state index is 13.8. The molecular formula is C19H22FN3O2. The average molecular weight is 343 g/mol. The van der Waals surface area contributed by atoms with Crippen LogP contribution in [0.4, 0.5) is 10.1 Å². The highest BCUT2D eigenvalue weighted by atomic mass is 19.1. The number of carbonyl (C=O) groups excluding carboxylic acids is 2. The van der Waals surface area contributed by atoms with Crippen molar-refractivity contribution in [2.24, 2.45) is 0 Å². The third kappa shape index (κ3) is 4.87. The number of anilines is 1. The van der Waals surface area contributed by atoms with Gasteiger partial charge in [0.05, 0.1) is 16.8 Å². The van der Waals surface area contributed by atoms with Gasteiger partial charge in [-0.25, -0.2) is 4.39 Å². The zero-order chi connectivity index (χ0) is 18.2. The van der Waals surface area contributed by atoms with Gasteiger partial charge < -0.3 is 16.0 Å².